The van der Waals surface area contributed by atoms with E-state index in [1.165, 1.54) is 0 Å². The molecule has 0 aromatic heterocycles. The molecule has 0 aromatic carbocycles. The molecule has 0 saturated heterocycles. The molecule has 2 N–H and O–H groups in total. The first-order valence-corrected chi connectivity index (χ1v) is 6.39. The maximum absolute atomic E-state index is 10.0. The van der Waals surface area contributed by atoms with Gasteiger partial charge in [-0.15, -0.1) is 0 Å². The van der Waals surface area contributed by atoms with Crippen LogP contribution >= 0.6 is 0 Å². The molecule has 5 atom stereocenters. The zero-order chi connectivity index (χ0) is 11.9. The van der Waals surface area contributed by atoms with Gasteiger partial charge >= 0.3 is 0 Å². The summed E-state index contributed by atoms with van der Waals surface area (Å²) in [5, 5.41) is 19.4. The van der Waals surface area contributed by atoms with Crippen molar-refractivity contribution in [1.29, 1.82) is 0 Å². The van der Waals surface area contributed by atoms with Gasteiger partial charge in [0.25, 0.3) is 0 Å². The SMILES string of the molecule is CC(C)(C)O[C@@H]1[C@@H](CO)C[C@H]2CC[C@@H](O)[C@H]21. The van der Waals surface area contributed by atoms with Gasteiger partial charge in [-0.25, -0.2) is 0 Å². The fourth-order valence-corrected chi connectivity index (χ4v) is 3.44. The number of aliphatic hydroxyl groups excluding tert-OH is 2. The molecule has 94 valence electrons. The van der Waals surface area contributed by atoms with Gasteiger partial charge in [-0.1, -0.05) is 0 Å². The van der Waals surface area contributed by atoms with E-state index < -0.39 is 0 Å². The van der Waals surface area contributed by atoms with Crippen molar-refractivity contribution in [1.82, 2.24) is 0 Å². The minimum absolute atomic E-state index is 0.0347. The summed E-state index contributed by atoms with van der Waals surface area (Å²) in [5.74, 6) is 1.01. The maximum atomic E-state index is 10.0. The van der Waals surface area contributed by atoms with E-state index in [-0.39, 0.29) is 36.3 Å². The lowest BCUT2D eigenvalue weighted by atomic mass is 9.95. The highest BCUT2D eigenvalue weighted by atomic mass is 16.5. The molecule has 2 fully saturated rings. The Hall–Kier alpha value is -0.120. The van der Waals surface area contributed by atoms with E-state index in [0.29, 0.717) is 5.92 Å². The second kappa shape index (κ2) is 4.28. The number of aliphatic hydroxyl groups is 2. The van der Waals surface area contributed by atoms with Crippen LogP contribution in [0.1, 0.15) is 40.0 Å². The lowest BCUT2D eigenvalue weighted by Gasteiger charge is -2.32. The van der Waals surface area contributed by atoms with Crippen LogP contribution in [0, 0.1) is 17.8 Å². The summed E-state index contributed by atoms with van der Waals surface area (Å²) in [4.78, 5) is 0. The van der Waals surface area contributed by atoms with Crippen LogP contribution in [0.25, 0.3) is 0 Å². The Morgan fingerprint density at radius 2 is 1.94 bits per heavy atom. The van der Waals surface area contributed by atoms with Gasteiger partial charge in [-0.2, -0.15) is 0 Å². The van der Waals surface area contributed by atoms with Crippen molar-refractivity contribution >= 4 is 0 Å². The highest BCUT2D eigenvalue weighted by Crippen LogP contribution is 2.49. The number of ether oxygens (including phenoxy) is 1. The molecule has 0 unspecified atom stereocenters. The Morgan fingerprint density at radius 3 is 2.50 bits per heavy atom. The molecule has 0 amide bonds. The number of hydrogen-bond donors (Lipinski definition) is 2. The van der Waals surface area contributed by atoms with E-state index >= 15 is 0 Å². The van der Waals surface area contributed by atoms with Crippen molar-refractivity contribution in [3.05, 3.63) is 0 Å². The van der Waals surface area contributed by atoms with E-state index in [2.05, 4.69) is 0 Å². The first-order valence-electron chi connectivity index (χ1n) is 6.39. The van der Waals surface area contributed by atoms with Crippen LogP contribution in [-0.4, -0.2) is 34.6 Å². The predicted molar refractivity (Wildman–Crippen MR) is 62.0 cm³/mol. The van der Waals surface area contributed by atoms with Crippen LogP contribution in [0.15, 0.2) is 0 Å². The Kier molecular flexibility index (Phi) is 3.30. The molecule has 0 spiro atoms. The Labute approximate surface area is 97.8 Å². The van der Waals surface area contributed by atoms with Crippen molar-refractivity contribution in [3.8, 4) is 0 Å². The van der Waals surface area contributed by atoms with Gasteiger partial charge in [-0.3, -0.25) is 0 Å². The maximum Gasteiger partial charge on any atom is 0.0687 e. The highest BCUT2D eigenvalue weighted by Gasteiger charge is 2.51. The van der Waals surface area contributed by atoms with Crippen LogP contribution in [0.5, 0.6) is 0 Å². The molecular formula is C13H24O3. The summed E-state index contributed by atoms with van der Waals surface area (Å²) >= 11 is 0. The number of rotatable bonds is 2. The lowest BCUT2D eigenvalue weighted by molar-refractivity contribution is -0.116. The third-order valence-electron chi connectivity index (χ3n) is 4.00. The Balaban J connectivity index is 2.11. The molecule has 2 rings (SSSR count). The van der Waals surface area contributed by atoms with Gasteiger partial charge in [0.05, 0.1) is 17.8 Å². The van der Waals surface area contributed by atoms with Gasteiger partial charge in [0.2, 0.25) is 0 Å². The van der Waals surface area contributed by atoms with Crippen LogP contribution in [0.4, 0.5) is 0 Å². The summed E-state index contributed by atoms with van der Waals surface area (Å²) in [6, 6.07) is 0. The normalized spacial score (nSPS) is 43.7. The summed E-state index contributed by atoms with van der Waals surface area (Å²) in [6.07, 6.45) is 2.81. The van der Waals surface area contributed by atoms with E-state index in [9.17, 15) is 10.2 Å². The largest absolute Gasteiger partial charge is 0.396 e. The summed E-state index contributed by atoms with van der Waals surface area (Å²) in [7, 11) is 0. The standard InChI is InChI=1S/C13H24O3/c1-13(2,3)16-12-9(7-14)6-8-4-5-10(15)11(8)12/h8-12,14-15H,4-7H2,1-3H3/t8-,9-,10-,11+,12-/m1/s1. The van der Waals surface area contributed by atoms with Crippen LogP contribution in [0.2, 0.25) is 0 Å². The summed E-state index contributed by atoms with van der Waals surface area (Å²) in [6.45, 7) is 6.29. The van der Waals surface area contributed by atoms with E-state index in [0.717, 1.165) is 19.3 Å². The van der Waals surface area contributed by atoms with E-state index in [1.54, 1.807) is 0 Å². The summed E-state index contributed by atoms with van der Waals surface area (Å²) in [5.41, 5.74) is -0.199. The van der Waals surface area contributed by atoms with Crippen LogP contribution in [0.3, 0.4) is 0 Å². The summed E-state index contributed by atoms with van der Waals surface area (Å²) < 4.78 is 6.07. The molecule has 2 aliphatic carbocycles. The Morgan fingerprint density at radius 1 is 1.25 bits per heavy atom. The van der Waals surface area contributed by atoms with E-state index in [1.807, 2.05) is 20.8 Å². The second-order valence-corrected chi connectivity index (χ2v) is 6.36. The van der Waals surface area contributed by atoms with Crippen molar-refractivity contribution in [2.75, 3.05) is 6.61 Å². The third-order valence-corrected chi connectivity index (χ3v) is 4.00. The van der Waals surface area contributed by atoms with Gasteiger partial charge in [0, 0.05) is 18.4 Å². The molecular weight excluding hydrogens is 204 g/mol. The first kappa shape index (κ1) is 12.3. The smallest absolute Gasteiger partial charge is 0.0687 e. The van der Waals surface area contributed by atoms with Crippen molar-refractivity contribution in [3.63, 3.8) is 0 Å². The molecule has 0 bridgehead atoms. The van der Waals surface area contributed by atoms with Gasteiger partial charge in [0.1, 0.15) is 0 Å². The molecule has 3 nitrogen and oxygen atoms in total. The third kappa shape index (κ3) is 2.27. The van der Waals surface area contributed by atoms with Crippen molar-refractivity contribution in [2.45, 2.75) is 57.8 Å². The zero-order valence-corrected chi connectivity index (χ0v) is 10.5. The fraction of sp³-hybridized carbons (Fsp3) is 1.00. The molecule has 0 aliphatic heterocycles. The number of fused-ring (bicyclic) bond motifs is 1. The van der Waals surface area contributed by atoms with Gasteiger partial charge in [0.15, 0.2) is 0 Å². The Bertz CT molecular complexity index is 246. The quantitative estimate of drug-likeness (QED) is 0.754. The highest BCUT2D eigenvalue weighted by molar-refractivity contribution is 5.00. The average Bonchev–Trinajstić information content (AvgIpc) is 2.66. The monoisotopic (exact) mass is 228 g/mol. The lowest BCUT2D eigenvalue weighted by Crippen LogP contribution is -2.38. The minimum Gasteiger partial charge on any atom is -0.396 e. The van der Waals surface area contributed by atoms with Crippen LogP contribution in [-0.2, 0) is 4.74 Å². The number of hydrogen-bond acceptors (Lipinski definition) is 3. The van der Waals surface area contributed by atoms with Crippen molar-refractivity contribution in [2.24, 2.45) is 17.8 Å². The molecule has 16 heavy (non-hydrogen) atoms. The minimum atomic E-state index is -0.228. The van der Waals surface area contributed by atoms with Crippen molar-refractivity contribution < 1.29 is 14.9 Å². The topological polar surface area (TPSA) is 49.7 Å². The first-order chi connectivity index (χ1) is 7.42. The van der Waals surface area contributed by atoms with Gasteiger partial charge in [-0.05, 0) is 46.0 Å². The molecule has 0 radical (unpaired) electrons. The zero-order valence-electron chi connectivity index (χ0n) is 10.5. The van der Waals surface area contributed by atoms with Crippen LogP contribution < -0.4 is 0 Å². The molecule has 3 heteroatoms. The predicted octanol–water partition coefficient (Wildman–Crippen LogP) is 1.57. The second-order valence-electron chi connectivity index (χ2n) is 6.36. The van der Waals surface area contributed by atoms with Gasteiger partial charge < -0.3 is 14.9 Å². The molecule has 2 saturated carbocycles. The fourth-order valence-electron chi connectivity index (χ4n) is 3.44. The molecule has 0 heterocycles. The van der Waals surface area contributed by atoms with E-state index in [4.69, 9.17) is 4.74 Å². The molecule has 2 aliphatic rings. The average molecular weight is 228 g/mol. The molecule has 0 aromatic rings.